The first kappa shape index (κ1) is 20.0. The number of hydrogen-bond donors (Lipinski definition) is 1. The maximum atomic E-state index is 13.0. The minimum absolute atomic E-state index is 0.137. The van der Waals surface area contributed by atoms with E-state index in [4.69, 9.17) is 0 Å². The van der Waals surface area contributed by atoms with Gasteiger partial charge in [0.25, 0.3) is 0 Å². The van der Waals surface area contributed by atoms with Crippen molar-refractivity contribution in [2.45, 2.75) is 45.1 Å². The molecule has 1 aromatic carbocycles. The highest BCUT2D eigenvalue weighted by molar-refractivity contribution is 5.78. The molecule has 4 nitrogen and oxygen atoms in total. The van der Waals surface area contributed by atoms with Crippen molar-refractivity contribution in [3.63, 3.8) is 0 Å². The molecule has 1 aromatic rings. The van der Waals surface area contributed by atoms with Gasteiger partial charge in [0.1, 0.15) is 5.82 Å². The monoisotopic (exact) mass is 373 g/mol. The second-order valence-corrected chi connectivity index (χ2v) is 7.74. The molecule has 27 heavy (non-hydrogen) atoms. The average Bonchev–Trinajstić information content (AvgIpc) is 2.90. The van der Waals surface area contributed by atoms with Crippen LogP contribution in [0.2, 0.25) is 0 Å². The summed E-state index contributed by atoms with van der Waals surface area (Å²) in [7, 11) is 0. The van der Waals surface area contributed by atoms with Gasteiger partial charge in [0, 0.05) is 26.2 Å². The van der Waals surface area contributed by atoms with Gasteiger partial charge in [-0.2, -0.15) is 0 Å². The average molecular weight is 374 g/mol. The summed E-state index contributed by atoms with van der Waals surface area (Å²) in [5.74, 6) is -0.0509. The zero-order valence-corrected chi connectivity index (χ0v) is 16.3. The maximum absolute atomic E-state index is 13.0. The quantitative estimate of drug-likeness (QED) is 0.745. The number of carbonyl (C=O) groups excluding carboxylic acids is 1. The highest BCUT2D eigenvalue weighted by Crippen LogP contribution is 2.19. The Bertz CT molecular complexity index is 629. The zero-order valence-electron chi connectivity index (χ0n) is 16.3. The van der Waals surface area contributed by atoms with Crippen LogP contribution in [0.5, 0.6) is 0 Å². The zero-order chi connectivity index (χ0) is 18.9. The Morgan fingerprint density at radius 1 is 1.00 bits per heavy atom. The number of carbonyl (C=O) groups is 1. The van der Waals surface area contributed by atoms with E-state index in [1.54, 1.807) is 0 Å². The molecule has 1 amide bonds. The van der Waals surface area contributed by atoms with Crippen LogP contribution in [0, 0.1) is 5.82 Å². The second kappa shape index (κ2) is 10.6. The van der Waals surface area contributed by atoms with E-state index in [0.29, 0.717) is 6.54 Å². The number of allylic oxidation sites excluding steroid dienone is 1. The Balaban J connectivity index is 1.35. The van der Waals surface area contributed by atoms with E-state index in [0.717, 1.165) is 57.7 Å². The van der Waals surface area contributed by atoms with Gasteiger partial charge in [-0.05, 0) is 69.3 Å². The van der Waals surface area contributed by atoms with Gasteiger partial charge in [-0.15, -0.1) is 0 Å². The number of benzene rings is 1. The Morgan fingerprint density at radius 3 is 2.56 bits per heavy atom. The summed E-state index contributed by atoms with van der Waals surface area (Å²) in [5, 5.41) is 3.08. The molecule has 1 N–H and O–H groups in total. The van der Waals surface area contributed by atoms with Gasteiger partial charge < -0.3 is 5.32 Å². The highest BCUT2D eigenvalue weighted by Gasteiger charge is 2.17. The lowest BCUT2D eigenvalue weighted by Gasteiger charge is -2.21. The molecular formula is C22H32FN3O. The first-order chi connectivity index (χ1) is 13.2. The third-order valence-electron chi connectivity index (χ3n) is 5.52. The SMILES string of the molecule is O=C(CN1CCCN(Cc2ccc(F)cc2)CC1)NCCC1=CCCCC1. The van der Waals surface area contributed by atoms with Gasteiger partial charge in [-0.3, -0.25) is 14.6 Å². The Morgan fingerprint density at radius 2 is 1.78 bits per heavy atom. The second-order valence-electron chi connectivity index (χ2n) is 7.74. The van der Waals surface area contributed by atoms with Crippen LogP contribution < -0.4 is 5.32 Å². The lowest BCUT2D eigenvalue weighted by Crippen LogP contribution is -2.39. The highest BCUT2D eigenvalue weighted by atomic mass is 19.1. The molecule has 0 atom stereocenters. The van der Waals surface area contributed by atoms with Crippen LogP contribution in [-0.2, 0) is 11.3 Å². The third-order valence-corrected chi connectivity index (χ3v) is 5.52. The summed E-state index contributed by atoms with van der Waals surface area (Å²) in [6.07, 6.45) is 9.40. The topological polar surface area (TPSA) is 35.6 Å². The first-order valence-electron chi connectivity index (χ1n) is 10.3. The van der Waals surface area contributed by atoms with E-state index >= 15 is 0 Å². The number of hydrogen-bond acceptors (Lipinski definition) is 3. The van der Waals surface area contributed by atoms with Crippen LogP contribution >= 0.6 is 0 Å². The normalized spacial score (nSPS) is 19.4. The molecule has 3 rings (SSSR count). The summed E-state index contributed by atoms with van der Waals surface area (Å²) < 4.78 is 13.0. The van der Waals surface area contributed by atoms with Crippen LogP contribution in [0.4, 0.5) is 4.39 Å². The van der Waals surface area contributed by atoms with Crippen LogP contribution in [-0.4, -0.2) is 55.0 Å². The molecule has 148 valence electrons. The number of rotatable bonds is 7. The fourth-order valence-electron chi connectivity index (χ4n) is 3.94. The molecule has 0 radical (unpaired) electrons. The maximum Gasteiger partial charge on any atom is 0.234 e. The molecule has 1 heterocycles. The molecule has 1 aliphatic heterocycles. The van der Waals surface area contributed by atoms with Crippen molar-refractivity contribution in [3.05, 3.63) is 47.3 Å². The van der Waals surface area contributed by atoms with Crippen molar-refractivity contribution in [1.82, 2.24) is 15.1 Å². The van der Waals surface area contributed by atoms with Gasteiger partial charge >= 0.3 is 0 Å². The van der Waals surface area contributed by atoms with Gasteiger partial charge in [0.15, 0.2) is 0 Å². The lowest BCUT2D eigenvalue weighted by molar-refractivity contribution is -0.122. The molecule has 2 aliphatic rings. The summed E-state index contributed by atoms with van der Waals surface area (Å²) in [5.41, 5.74) is 2.65. The summed E-state index contributed by atoms with van der Waals surface area (Å²) in [6, 6.07) is 6.75. The molecule has 1 aliphatic carbocycles. The van der Waals surface area contributed by atoms with Gasteiger partial charge in [0.05, 0.1) is 6.54 Å². The van der Waals surface area contributed by atoms with E-state index in [-0.39, 0.29) is 11.7 Å². The summed E-state index contributed by atoms with van der Waals surface area (Å²) >= 11 is 0. The molecule has 5 heteroatoms. The standard InChI is InChI=1S/C22H32FN3O/c23-21-9-7-20(8-10-21)17-25-13-4-14-26(16-15-25)18-22(27)24-12-11-19-5-2-1-3-6-19/h5,7-10H,1-4,6,11-18H2,(H,24,27). The van der Waals surface area contributed by atoms with E-state index in [1.807, 2.05) is 12.1 Å². The largest absolute Gasteiger partial charge is 0.355 e. The van der Waals surface area contributed by atoms with Crippen LogP contribution in [0.1, 0.15) is 44.1 Å². The number of nitrogens with one attached hydrogen (secondary N) is 1. The minimum atomic E-state index is -0.188. The third kappa shape index (κ3) is 7.07. The van der Waals surface area contributed by atoms with E-state index < -0.39 is 0 Å². The molecule has 1 saturated heterocycles. The fraction of sp³-hybridized carbons (Fsp3) is 0.591. The van der Waals surface area contributed by atoms with Crippen molar-refractivity contribution in [1.29, 1.82) is 0 Å². The molecule has 0 unspecified atom stereocenters. The van der Waals surface area contributed by atoms with Crippen molar-refractivity contribution in [2.75, 3.05) is 39.3 Å². The van der Waals surface area contributed by atoms with Gasteiger partial charge in [0.2, 0.25) is 5.91 Å². The van der Waals surface area contributed by atoms with Crippen LogP contribution in [0.15, 0.2) is 35.9 Å². The lowest BCUT2D eigenvalue weighted by atomic mass is 9.97. The predicted molar refractivity (Wildman–Crippen MR) is 107 cm³/mol. The minimum Gasteiger partial charge on any atom is -0.355 e. The van der Waals surface area contributed by atoms with Crippen molar-refractivity contribution in [2.24, 2.45) is 0 Å². The number of halogens is 1. The Labute approximate surface area is 162 Å². The molecule has 0 bridgehead atoms. The number of amides is 1. The van der Waals surface area contributed by atoms with Gasteiger partial charge in [-0.25, -0.2) is 4.39 Å². The van der Waals surface area contributed by atoms with E-state index in [2.05, 4.69) is 21.2 Å². The van der Waals surface area contributed by atoms with Crippen molar-refractivity contribution < 1.29 is 9.18 Å². The first-order valence-corrected chi connectivity index (χ1v) is 10.3. The Hall–Kier alpha value is -1.72. The van der Waals surface area contributed by atoms with Gasteiger partial charge in [-0.1, -0.05) is 23.8 Å². The predicted octanol–water partition coefficient (Wildman–Crippen LogP) is 3.34. The van der Waals surface area contributed by atoms with Crippen LogP contribution in [0.3, 0.4) is 0 Å². The summed E-state index contributed by atoms with van der Waals surface area (Å²) in [4.78, 5) is 16.9. The summed E-state index contributed by atoms with van der Waals surface area (Å²) in [6.45, 7) is 5.91. The molecule has 0 spiro atoms. The Kier molecular flexibility index (Phi) is 7.84. The van der Waals surface area contributed by atoms with Crippen LogP contribution in [0.25, 0.3) is 0 Å². The molecule has 0 aromatic heterocycles. The molecular weight excluding hydrogens is 341 g/mol. The van der Waals surface area contributed by atoms with E-state index in [9.17, 15) is 9.18 Å². The smallest absolute Gasteiger partial charge is 0.234 e. The number of nitrogens with zero attached hydrogens (tertiary/aromatic N) is 2. The molecule has 1 fully saturated rings. The van der Waals surface area contributed by atoms with E-state index in [1.165, 1.54) is 43.4 Å². The molecule has 0 saturated carbocycles. The van der Waals surface area contributed by atoms with Crippen molar-refractivity contribution in [3.8, 4) is 0 Å². The fourth-order valence-corrected chi connectivity index (χ4v) is 3.94. The van der Waals surface area contributed by atoms with Crippen molar-refractivity contribution >= 4 is 5.91 Å².